The highest BCUT2D eigenvalue weighted by atomic mass is 32.1. The van der Waals surface area contributed by atoms with Gasteiger partial charge >= 0.3 is 0 Å². The van der Waals surface area contributed by atoms with E-state index in [0.717, 1.165) is 19.3 Å². The fourth-order valence-electron chi connectivity index (χ4n) is 4.75. The van der Waals surface area contributed by atoms with Crippen molar-refractivity contribution in [3.8, 4) is 11.1 Å². The van der Waals surface area contributed by atoms with Gasteiger partial charge < -0.3 is 4.90 Å². The van der Waals surface area contributed by atoms with Crippen molar-refractivity contribution in [2.75, 3.05) is 4.90 Å². The first-order valence-electron chi connectivity index (χ1n) is 11.3. The lowest BCUT2D eigenvalue weighted by Gasteiger charge is -2.34. The Kier molecular flexibility index (Phi) is 6.58. The number of hydrogen-bond donors (Lipinski definition) is 0. The number of para-hydroxylation sites is 2. The Hall–Kier alpha value is -2.84. The van der Waals surface area contributed by atoms with Crippen LogP contribution in [0.15, 0.2) is 95.7 Å². The molecule has 31 heavy (non-hydrogen) atoms. The minimum Gasteiger partial charge on any atom is -0.309 e. The molecule has 0 aliphatic carbocycles. The molecule has 2 heteroatoms. The quantitative estimate of drug-likeness (QED) is 0.272. The first-order chi connectivity index (χ1) is 15.2. The van der Waals surface area contributed by atoms with Crippen LogP contribution in [0.25, 0.3) is 11.1 Å². The summed E-state index contributed by atoms with van der Waals surface area (Å²) in [6.45, 7) is 7.00. The van der Waals surface area contributed by atoms with E-state index in [1.807, 2.05) is 0 Å². The second kappa shape index (κ2) is 9.53. The smallest absolute Gasteiger partial charge is 0.0647 e. The molecule has 0 saturated heterocycles. The van der Waals surface area contributed by atoms with Gasteiger partial charge in [0.25, 0.3) is 0 Å². The summed E-state index contributed by atoms with van der Waals surface area (Å²) >= 11 is 1.78. The maximum atomic E-state index is 2.38. The first-order valence-corrected chi connectivity index (χ1v) is 12.2. The highest BCUT2D eigenvalue weighted by Gasteiger charge is 2.30. The Morgan fingerprint density at radius 3 is 1.68 bits per heavy atom. The molecular weight excluding hydrogens is 394 g/mol. The average Bonchev–Trinajstić information content (AvgIpc) is 3.32. The third kappa shape index (κ3) is 4.05. The van der Waals surface area contributed by atoms with Crippen LogP contribution in [0.5, 0.6) is 0 Å². The maximum Gasteiger partial charge on any atom is 0.0647 e. The highest BCUT2D eigenvalue weighted by Crippen LogP contribution is 2.47. The van der Waals surface area contributed by atoms with E-state index in [4.69, 9.17) is 0 Å². The number of benzene rings is 3. The lowest BCUT2D eigenvalue weighted by atomic mass is 9.71. The Morgan fingerprint density at radius 1 is 0.613 bits per heavy atom. The molecule has 0 bridgehead atoms. The lowest BCUT2D eigenvalue weighted by molar-refractivity contribution is 0.383. The molecule has 0 unspecified atom stereocenters. The van der Waals surface area contributed by atoms with Gasteiger partial charge in [-0.3, -0.25) is 0 Å². The summed E-state index contributed by atoms with van der Waals surface area (Å²) in [7, 11) is 0. The summed E-state index contributed by atoms with van der Waals surface area (Å²) < 4.78 is 0. The minimum atomic E-state index is 0.208. The number of anilines is 3. The number of rotatable bonds is 8. The summed E-state index contributed by atoms with van der Waals surface area (Å²) in [5.74, 6) is 0. The monoisotopic (exact) mass is 425 g/mol. The molecule has 0 N–H and O–H groups in total. The topological polar surface area (TPSA) is 3.24 Å². The Morgan fingerprint density at radius 2 is 1.13 bits per heavy atom. The SMILES string of the molecule is CCC(CC)(CC)c1ccccc1-c1cscc1N(c1ccccc1)c1ccccc1. The third-order valence-corrected chi connectivity index (χ3v) is 7.46. The van der Waals surface area contributed by atoms with Crippen molar-refractivity contribution in [2.45, 2.75) is 45.4 Å². The van der Waals surface area contributed by atoms with E-state index in [0.29, 0.717) is 0 Å². The van der Waals surface area contributed by atoms with Crippen LogP contribution in [-0.4, -0.2) is 0 Å². The molecule has 0 fully saturated rings. The molecule has 0 saturated carbocycles. The van der Waals surface area contributed by atoms with Gasteiger partial charge in [-0.25, -0.2) is 0 Å². The van der Waals surface area contributed by atoms with Gasteiger partial charge in [0.05, 0.1) is 5.69 Å². The van der Waals surface area contributed by atoms with E-state index >= 15 is 0 Å². The zero-order valence-electron chi connectivity index (χ0n) is 18.7. The zero-order valence-corrected chi connectivity index (χ0v) is 19.5. The standard InChI is InChI=1S/C29H31NS/c1-4-29(5-2,6-3)27-20-14-13-19-25(27)26-21-31-22-28(26)30(23-15-9-7-10-16-23)24-17-11-8-12-18-24/h7-22H,4-6H2,1-3H3. The lowest BCUT2D eigenvalue weighted by Crippen LogP contribution is -2.24. The van der Waals surface area contributed by atoms with Gasteiger partial charge in [-0.05, 0) is 60.1 Å². The van der Waals surface area contributed by atoms with Gasteiger partial charge in [0.15, 0.2) is 0 Å². The van der Waals surface area contributed by atoms with Crippen molar-refractivity contribution in [3.05, 3.63) is 101 Å². The molecule has 0 spiro atoms. The second-order valence-electron chi connectivity index (χ2n) is 8.06. The van der Waals surface area contributed by atoms with E-state index in [9.17, 15) is 0 Å². The van der Waals surface area contributed by atoms with Crippen molar-refractivity contribution in [2.24, 2.45) is 0 Å². The van der Waals surface area contributed by atoms with Gasteiger partial charge in [-0.2, -0.15) is 0 Å². The van der Waals surface area contributed by atoms with Crippen LogP contribution in [0.4, 0.5) is 17.1 Å². The van der Waals surface area contributed by atoms with Gasteiger partial charge in [-0.1, -0.05) is 81.4 Å². The van der Waals surface area contributed by atoms with E-state index in [1.165, 1.54) is 33.8 Å². The van der Waals surface area contributed by atoms with Gasteiger partial charge in [0.2, 0.25) is 0 Å². The van der Waals surface area contributed by atoms with Crippen molar-refractivity contribution in [1.29, 1.82) is 0 Å². The summed E-state index contributed by atoms with van der Waals surface area (Å²) in [6, 6.07) is 30.4. The average molecular weight is 426 g/mol. The molecule has 4 aromatic rings. The van der Waals surface area contributed by atoms with Crippen molar-refractivity contribution in [1.82, 2.24) is 0 Å². The molecule has 0 atom stereocenters. The predicted octanol–water partition coefficient (Wildman–Crippen LogP) is 9.35. The predicted molar refractivity (Wildman–Crippen MR) is 137 cm³/mol. The number of nitrogens with zero attached hydrogens (tertiary/aromatic N) is 1. The van der Waals surface area contributed by atoms with Gasteiger partial charge in [0.1, 0.15) is 0 Å². The second-order valence-corrected chi connectivity index (χ2v) is 8.81. The van der Waals surface area contributed by atoms with E-state index in [-0.39, 0.29) is 5.41 Å². The van der Waals surface area contributed by atoms with Gasteiger partial charge in [0, 0.05) is 27.7 Å². The Balaban J connectivity index is 1.92. The third-order valence-electron chi connectivity index (χ3n) is 6.73. The zero-order chi connectivity index (χ0) is 21.7. The molecule has 0 amide bonds. The summed E-state index contributed by atoms with van der Waals surface area (Å²) in [4.78, 5) is 2.38. The Labute approximate surface area is 191 Å². The molecule has 0 aliphatic rings. The van der Waals surface area contributed by atoms with E-state index in [2.05, 4.69) is 121 Å². The molecule has 1 nitrogen and oxygen atoms in total. The molecule has 3 aromatic carbocycles. The summed E-state index contributed by atoms with van der Waals surface area (Å²) in [5.41, 5.74) is 7.96. The Bertz CT molecular complexity index is 1050. The first kappa shape index (κ1) is 21.4. The van der Waals surface area contributed by atoms with Crippen LogP contribution >= 0.6 is 11.3 Å². The molecule has 158 valence electrons. The van der Waals surface area contributed by atoms with Crippen LogP contribution in [0, 0.1) is 0 Å². The van der Waals surface area contributed by atoms with Crippen molar-refractivity contribution >= 4 is 28.4 Å². The van der Waals surface area contributed by atoms with E-state index in [1.54, 1.807) is 11.3 Å². The molecule has 0 radical (unpaired) electrons. The fourth-order valence-corrected chi connectivity index (χ4v) is 5.56. The van der Waals surface area contributed by atoms with E-state index < -0.39 is 0 Å². The normalized spacial score (nSPS) is 11.5. The summed E-state index contributed by atoms with van der Waals surface area (Å²) in [5, 5.41) is 4.61. The van der Waals surface area contributed by atoms with Gasteiger partial charge in [-0.15, -0.1) is 11.3 Å². The van der Waals surface area contributed by atoms with Crippen LogP contribution < -0.4 is 4.90 Å². The van der Waals surface area contributed by atoms with Crippen molar-refractivity contribution in [3.63, 3.8) is 0 Å². The molecule has 0 aliphatic heterocycles. The van der Waals surface area contributed by atoms with Crippen LogP contribution in [-0.2, 0) is 5.41 Å². The minimum absolute atomic E-state index is 0.208. The number of hydrogen-bond acceptors (Lipinski definition) is 2. The van der Waals surface area contributed by atoms with Crippen LogP contribution in [0.1, 0.15) is 45.6 Å². The molecular formula is C29H31NS. The molecule has 4 rings (SSSR count). The van der Waals surface area contributed by atoms with Crippen molar-refractivity contribution < 1.29 is 0 Å². The van der Waals surface area contributed by atoms with Crippen LogP contribution in [0.3, 0.4) is 0 Å². The fraction of sp³-hybridized carbons (Fsp3) is 0.241. The molecule has 1 heterocycles. The molecule has 1 aromatic heterocycles. The summed E-state index contributed by atoms with van der Waals surface area (Å²) in [6.07, 6.45) is 3.45. The largest absolute Gasteiger partial charge is 0.309 e. The maximum absolute atomic E-state index is 2.38. The van der Waals surface area contributed by atoms with Crippen LogP contribution in [0.2, 0.25) is 0 Å². The highest BCUT2D eigenvalue weighted by molar-refractivity contribution is 7.08. The number of thiophene rings is 1.